The number of likely N-dealkylation sites (N-methyl/N-ethyl adjacent to an activating group) is 2. The molecular formula is C17H25FN2O. The molecule has 0 N–H and O–H groups in total. The molecular weight excluding hydrogens is 267 g/mol. The van der Waals surface area contributed by atoms with E-state index in [0.29, 0.717) is 18.0 Å². The lowest BCUT2D eigenvalue weighted by Gasteiger charge is -2.25. The molecule has 116 valence electrons. The Morgan fingerprint density at radius 2 is 2.10 bits per heavy atom. The van der Waals surface area contributed by atoms with Gasteiger partial charge in [-0.25, -0.2) is 4.39 Å². The van der Waals surface area contributed by atoms with E-state index in [1.54, 1.807) is 12.1 Å². The van der Waals surface area contributed by atoms with Crippen molar-refractivity contribution in [1.29, 1.82) is 0 Å². The zero-order chi connectivity index (χ0) is 15.2. The van der Waals surface area contributed by atoms with E-state index < -0.39 is 0 Å². The molecule has 0 aliphatic carbocycles. The van der Waals surface area contributed by atoms with E-state index in [9.17, 15) is 9.18 Å². The van der Waals surface area contributed by atoms with Gasteiger partial charge in [-0.05, 0) is 70.7 Å². The van der Waals surface area contributed by atoms with Gasteiger partial charge >= 0.3 is 0 Å². The number of rotatable bonds is 7. The first-order valence-electron chi connectivity index (χ1n) is 7.74. The molecule has 0 radical (unpaired) electrons. The molecule has 1 fully saturated rings. The third-order valence-electron chi connectivity index (χ3n) is 4.30. The molecule has 3 nitrogen and oxygen atoms in total. The lowest BCUT2D eigenvalue weighted by atomic mass is 10.1. The molecule has 21 heavy (non-hydrogen) atoms. The number of carbonyl (C=O) groups excluding carboxylic acids is 1. The van der Waals surface area contributed by atoms with Gasteiger partial charge in [-0.3, -0.25) is 4.79 Å². The lowest BCUT2D eigenvalue weighted by Crippen LogP contribution is -2.37. The number of hydrogen-bond acceptors (Lipinski definition) is 3. The number of ketones is 1. The van der Waals surface area contributed by atoms with Crippen LogP contribution >= 0.6 is 0 Å². The highest BCUT2D eigenvalue weighted by atomic mass is 19.1. The molecule has 1 aliphatic heterocycles. The summed E-state index contributed by atoms with van der Waals surface area (Å²) >= 11 is 0. The summed E-state index contributed by atoms with van der Waals surface area (Å²) in [5.41, 5.74) is 0.606. The smallest absolute Gasteiger partial charge is 0.162 e. The highest BCUT2D eigenvalue weighted by Crippen LogP contribution is 2.15. The average molecular weight is 292 g/mol. The highest BCUT2D eigenvalue weighted by molar-refractivity contribution is 5.95. The molecule has 0 aromatic heterocycles. The third kappa shape index (κ3) is 4.90. The number of halogens is 1. The van der Waals surface area contributed by atoms with Crippen LogP contribution in [0.3, 0.4) is 0 Å². The van der Waals surface area contributed by atoms with Crippen LogP contribution in [0.5, 0.6) is 0 Å². The summed E-state index contributed by atoms with van der Waals surface area (Å²) in [5, 5.41) is 0. The van der Waals surface area contributed by atoms with Crippen LogP contribution in [-0.2, 0) is 0 Å². The Morgan fingerprint density at radius 3 is 2.71 bits per heavy atom. The van der Waals surface area contributed by atoms with Crippen LogP contribution in [0.2, 0.25) is 0 Å². The fourth-order valence-electron chi connectivity index (χ4n) is 2.95. The molecule has 1 aromatic rings. The van der Waals surface area contributed by atoms with Crippen LogP contribution in [0, 0.1) is 5.82 Å². The zero-order valence-electron chi connectivity index (χ0n) is 13.0. The second-order valence-electron chi connectivity index (χ2n) is 6.07. The van der Waals surface area contributed by atoms with Gasteiger partial charge in [0.05, 0.1) is 0 Å². The molecule has 0 saturated carbocycles. The summed E-state index contributed by atoms with van der Waals surface area (Å²) in [6.07, 6.45) is 3.94. The summed E-state index contributed by atoms with van der Waals surface area (Å²) in [7, 11) is 4.30. The maximum absolute atomic E-state index is 12.8. The van der Waals surface area contributed by atoms with Crippen molar-refractivity contribution in [3.63, 3.8) is 0 Å². The lowest BCUT2D eigenvalue weighted by molar-refractivity contribution is 0.0975. The molecule has 1 atom stereocenters. The van der Waals surface area contributed by atoms with Gasteiger partial charge in [-0.1, -0.05) is 0 Å². The van der Waals surface area contributed by atoms with Crippen molar-refractivity contribution in [2.24, 2.45) is 0 Å². The Balaban J connectivity index is 1.68. The quantitative estimate of drug-likeness (QED) is 0.722. The normalized spacial score (nSPS) is 19.3. The highest BCUT2D eigenvalue weighted by Gasteiger charge is 2.21. The minimum atomic E-state index is -0.299. The van der Waals surface area contributed by atoms with Crippen LogP contribution in [0.4, 0.5) is 4.39 Å². The summed E-state index contributed by atoms with van der Waals surface area (Å²) in [5.74, 6) is -0.201. The van der Waals surface area contributed by atoms with E-state index in [4.69, 9.17) is 0 Å². The Kier molecular flexibility index (Phi) is 5.88. The largest absolute Gasteiger partial charge is 0.305 e. The van der Waals surface area contributed by atoms with Gasteiger partial charge in [0.25, 0.3) is 0 Å². The van der Waals surface area contributed by atoms with Gasteiger partial charge < -0.3 is 9.80 Å². The Morgan fingerprint density at radius 1 is 1.38 bits per heavy atom. The summed E-state index contributed by atoms with van der Waals surface area (Å²) < 4.78 is 12.8. The van der Waals surface area contributed by atoms with Gasteiger partial charge in [0, 0.05) is 24.6 Å². The third-order valence-corrected chi connectivity index (χ3v) is 4.30. The summed E-state index contributed by atoms with van der Waals surface area (Å²) in [6.45, 7) is 3.19. The number of nitrogens with zero attached hydrogens (tertiary/aromatic N) is 2. The number of benzene rings is 1. The second kappa shape index (κ2) is 7.66. The van der Waals surface area contributed by atoms with Crippen molar-refractivity contribution >= 4 is 5.78 Å². The Bertz CT molecular complexity index is 460. The molecule has 1 unspecified atom stereocenters. The van der Waals surface area contributed by atoms with E-state index in [1.807, 2.05) is 0 Å². The van der Waals surface area contributed by atoms with Crippen molar-refractivity contribution in [3.8, 4) is 0 Å². The standard InChI is InChI=1S/C17H25FN2O/c1-19(13-16-5-3-12-20(16)2)11-4-6-17(21)14-7-9-15(18)10-8-14/h7-10,16H,3-6,11-13H2,1-2H3. The molecule has 0 spiro atoms. The average Bonchev–Trinajstić information content (AvgIpc) is 2.85. The van der Waals surface area contributed by atoms with Crippen molar-refractivity contribution in [2.45, 2.75) is 31.7 Å². The number of carbonyl (C=O) groups is 1. The molecule has 1 heterocycles. The van der Waals surface area contributed by atoms with Crippen LogP contribution in [0.25, 0.3) is 0 Å². The summed E-state index contributed by atoms with van der Waals surface area (Å²) in [6, 6.07) is 6.47. The molecule has 1 aliphatic rings. The van der Waals surface area contributed by atoms with E-state index >= 15 is 0 Å². The predicted molar refractivity (Wildman–Crippen MR) is 83.1 cm³/mol. The summed E-state index contributed by atoms with van der Waals surface area (Å²) in [4.78, 5) is 16.7. The molecule has 2 rings (SSSR count). The number of Topliss-reactive ketones (excluding diaryl/α,β-unsaturated/α-hetero) is 1. The SMILES string of the molecule is CN(CCCC(=O)c1ccc(F)cc1)CC1CCCN1C. The fourth-order valence-corrected chi connectivity index (χ4v) is 2.95. The van der Waals surface area contributed by atoms with Crippen molar-refractivity contribution < 1.29 is 9.18 Å². The number of hydrogen-bond donors (Lipinski definition) is 0. The van der Waals surface area contributed by atoms with Crippen molar-refractivity contribution in [2.75, 3.05) is 33.7 Å². The molecule has 4 heteroatoms. The van der Waals surface area contributed by atoms with Crippen molar-refractivity contribution in [3.05, 3.63) is 35.6 Å². The van der Waals surface area contributed by atoms with E-state index in [1.165, 1.54) is 31.5 Å². The topological polar surface area (TPSA) is 23.6 Å². The van der Waals surface area contributed by atoms with E-state index in [-0.39, 0.29) is 11.6 Å². The van der Waals surface area contributed by atoms with Crippen LogP contribution in [-0.4, -0.2) is 55.4 Å². The Hall–Kier alpha value is -1.26. The minimum absolute atomic E-state index is 0.0985. The van der Waals surface area contributed by atoms with E-state index in [0.717, 1.165) is 19.5 Å². The maximum Gasteiger partial charge on any atom is 0.162 e. The predicted octanol–water partition coefficient (Wildman–Crippen LogP) is 2.81. The van der Waals surface area contributed by atoms with Crippen LogP contribution in [0.15, 0.2) is 24.3 Å². The van der Waals surface area contributed by atoms with Gasteiger partial charge in [-0.15, -0.1) is 0 Å². The molecule has 0 bridgehead atoms. The first-order valence-corrected chi connectivity index (χ1v) is 7.74. The zero-order valence-corrected chi connectivity index (χ0v) is 13.0. The van der Waals surface area contributed by atoms with Crippen LogP contribution < -0.4 is 0 Å². The van der Waals surface area contributed by atoms with Gasteiger partial charge in [0.2, 0.25) is 0 Å². The van der Waals surface area contributed by atoms with Crippen LogP contribution in [0.1, 0.15) is 36.0 Å². The maximum atomic E-state index is 12.8. The second-order valence-corrected chi connectivity index (χ2v) is 6.07. The van der Waals surface area contributed by atoms with Gasteiger partial charge in [0.15, 0.2) is 5.78 Å². The molecule has 0 amide bonds. The van der Waals surface area contributed by atoms with Gasteiger partial charge in [0.1, 0.15) is 5.82 Å². The Labute approximate surface area is 126 Å². The van der Waals surface area contributed by atoms with Gasteiger partial charge in [-0.2, -0.15) is 0 Å². The minimum Gasteiger partial charge on any atom is -0.305 e. The molecule has 1 saturated heterocycles. The fraction of sp³-hybridized carbons (Fsp3) is 0.588. The first kappa shape index (κ1) is 16.1. The monoisotopic (exact) mass is 292 g/mol. The number of likely N-dealkylation sites (tertiary alicyclic amines) is 1. The van der Waals surface area contributed by atoms with E-state index in [2.05, 4.69) is 23.9 Å². The van der Waals surface area contributed by atoms with Crippen molar-refractivity contribution in [1.82, 2.24) is 9.80 Å². The first-order chi connectivity index (χ1) is 10.1. The molecule has 1 aromatic carbocycles.